The summed E-state index contributed by atoms with van der Waals surface area (Å²) in [6.07, 6.45) is 3.17. The quantitative estimate of drug-likeness (QED) is 0.852. The average molecular weight is 256 g/mol. The van der Waals surface area contributed by atoms with Gasteiger partial charge in [0.05, 0.1) is 11.7 Å². The van der Waals surface area contributed by atoms with Gasteiger partial charge in [-0.25, -0.2) is 9.97 Å². The average Bonchev–Trinajstić information content (AvgIpc) is 2.47. The number of nitrogens with one attached hydrogen (secondary N) is 2. The monoisotopic (exact) mass is 256 g/mol. The summed E-state index contributed by atoms with van der Waals surface area (Å²) in [4.78, 5) is 19.9. The fraction of sp³-hybridized carbons (Fsp3) is 0.214. The molecule has 2 N–H and O–H groups in total. The molecule has 2 aromatic rings. The predicted molar refractivity (Wildman–Crippen MR) is 73.4 cm³/mol. The molecule has 0 radical (unpaired) electrons. The van der Waals surface area contributed by atoms with Gasteiger partial charge in [0.1, 0.15) is 6.33 Å². The Labute approximate surface area is 112 Å². The van der Waals surface area contributed by atoms with Crippen LogP contribution < -0.4 is 10.6 Å². The molecule has 98 valence electrons. The Morgan fingerprint density at radius 3 is 2.74 bits per heavy atom. The standard InChI is InChI=1S/C14H16N4O/c1-11(16-9-13-7-8-15-10-17-13)14(19)18-12-5-3-2-4-6-12/h2-8,10-11,16H,9H2,1H3,(H,18,19). The van der Waals surface area contributed by atoms with Crippen LogP contribution in [0, 0.1) is 0 Å². The fourth-order valence-electron chi connectivity index (χ4n) is 1.55. The second-order valence-corrected chi connectivity index (χ2v) is 4.16. The van der Waals surface area contributed by atoms with Gasteiger partial charge in [-0.3, -0.25) is 4.79 Å². The molecule has 5 nitrogen and oxygen atoms in total. The number of nitrogens with zero attached hydrogens (tertiary/aromatic N) is 2. The van der Waals surface area contributed by atoms with Gasteiger partial charge in [-0.15, -0.1) is 0 Å². The molecule has 1 aromatic carbocycles. The zero-order valence-corrected chi connectivity index (χ0v) is 10.7. The van der Waals surface area contributed by atoms with Gasteiger partial charge in [0.25, 0.3) is 0 Å². The van der Waals surface area contributed by atoms with E-state index in [1.54, 1.807) is 6.20 Å². The van der Waals surface area contributed by atoms with E-state index in [0.717, 1.165) is 11.4 Å². The molecule has 5 heteroatoms. The Morgan fingerprint density at radius 1 is 1.26 bits per heavy atom. The summed E-state index contributed by atoms with van der Waals surface area (Å²) in [5, 5.41) is 5.96. The highest BCUT2D eigenvalue weighted by atomic mass is 16.2. The molecule has 1 atom stereocenters. The van der Waals surface area contributed by atoms with Crippen LogP contribution in [0.1, 0.15) is 12.6 Å². The van der Waals surface area contributed by atoms with E-state index in [1.165, 1.54) is 6.33 Å². The maximum absolute atomic E-state index is 11.9. The van der Waals surface area contributed by atoms with Crippen LogP contribution in [0.3, 0.4) is 0 Å². The van der Waals surface area contributed by atoms with Gasteiger partial charge in [0.15, 0.2) is 0 Å². The lowest BCUT2D eigenvalue weighted by atomic mass is 10.2. The lowest BCUT2D eigenvalue weighted by Crippen LogP contribution is -2.37. The SMILES string of the molecule is CC(NCc1ccncn1)C(=O)Nc1ccccc1. The van der Waals surface area contributed by atoms with Gasteiger partial charge < -0.3 is 10.6 Å². The van der Waals surface area contributed by atoms with Crippen LogP contribution in [-0.4, -0.2) is 21.9 Å². The topological polar surface area (TPSA) is 66.9 Å². The summed E-state index contributed by atoms with van der Waals surface area (Å²) >= 11 is 0. The van der Waals surface area contributed by atoms with Crippen LogP contribution in [0.25, 0.3) is 0 Å². The van der Waals surface area contributed by atoms with Crippen molar-refractivity contribution in [3.63, 3.8) is 0 Å². The Morgan fingerprint density at radius 2 is 2.05 bits per heavy atom. The summed E-state index contributed by atoms with van der Waals surface area (Å²) in [7, 11) is 0. The fourth-order valence-corrected chi connectivity index (χ4v) is 1.55. The molecule has 0 aliphatic carbocycles. The Bertz CT molecular complexity index is 515. The number of amides is 1. The molecular weight excluding hydrogens is 240 g/mol. The van der Waals surface area contributed by atoms with Gasteiger partial charge in [-0.1, -0.05) is 18.2 Å². The van der Waals surface area contributed by atoms with Crippen molar-refractivity contribution in [2.75, 3.05) is 5.32 Å². The number of rotatable bonds is 5. The molecule has 2 rings (SSSR count). The van der Waals surface area contributed by atoms with Gasteiger partial charge in [0, 0.05) is 18.4 Å². The van der Waals surface area contributed by atoms with Crippen molar-refractivity contribution in [1.29, 1.82) is 0 Å². The van der Waals surface area contributed by atoms with Crippen LogP contribution in [0.4, 0.5) is 5.69 Å². The molecule has 0 fully saturated rings. The van der Waals surface area contributed by atoms with Gasteiger partial charge in [0.2, 0.25) is 5.91 Å². The van der Waals surface area contributed by atoms with Crippen molar-refractivity contribution in [2.45, 2.75) is 19.5 Å². The number of hydrogen-bond acceptors (Lipinski definition) is 4. The van der Waals surface area contributed by atoms with E-state index in [2.05, 4.69) is 20.6 Å². The van der Waals surface area contributed by atoms with Crippen LogP contribution in [0.2, 0.25) is 0 Å². The van der Waals surface area contributed by atoms with Crippen LogP contribution >= 0.6 is 0 Å². The molecule has 0 spiro atoms. The smallest absolute Gasteiger partial charge is 0.241 e. The number of benzene rings is 1. The summed E-state index contributed by atoms with van der Waals surface area (Å²) in [5.74, 6) is -0.0692. The first-order valence-corrected chi connectivity index (χ1v) is 6.10. The molecule has 0 saturated carbocycles. The van der Waals surface area contributed by atoms with E-state index >= 15 is 0 Å². The van der Waals surface area contributed by atoms with E-state index < -0.39 is 0 Å². The van der Waals surface area contributed by atoms with Crippen molar-refractivity contribution >= 4 is 11.6 Å². The minimum atomic E-state index is -0.296. The number of para-hydroxylation sites is 1. The van der Waals surface area contributed by atoms with Crippen molar-refractivity contribution in [1.82, 2.24) is 15.3 Å². The largest absolute Gasteiger partial charge is 0.325 e. The van der Waals surface area contributed by atoms with E-state index in [4.69, 9.17) is 0 Å². The number of carbonyl (C=O) groups is 1. The highest BCUT2D eigenvalue weighted by Crippen LogP contribution is 2.05. The lowest BCUT2D eigenvalue weighted by Gasteiger charge is -2.13. The van der Waals surface area contributed by atoms with Crippen LogP contribution in [0.5, 0.6) is 0 Å². The second kappa shape index (κ2) is 6.61. The van der Waals surface area contributed by atoms with E-state index in [0.29, 0.717) is 6.54 Å². The molecule has 19 heavy (non-hydrogen) atoms. The van der Waals surface area contributed by atoms with Crippen LogP contribution in [0.15, 0.2) is 48.9 Å². The Kier molecular flexibility index (Phi) is 4.58. The highest BCUT2D eigenvalue weighted by Gasteiger charge is 2.12. The predicted octanol–water partition coefficient (Wildman–Crippen LogP) is 1.59. The maximum Gasteiger partial charge on any atom is 0.241 e. The first kappa shape index (κ1) is 13.2. The highest BCUT2D eigenvalue weighted by molar-refractivity contribution is 5.94. The Balaban J connectivity index is 1.83. The normalized spacial score (nSPS) is 11.8. The molecule has 1 heterocycles. The lowest BCUT2D eigenvalue weighted by molar-refractivity contribution is -0.117. The number of hydrogen-bond donors (Lipinski definition) is 2. The summed E-state index contributed by atoms with van der Waals surface area (Å²) in [6, 6.07) is 10.9. The summed E-state index contributed by atoms with van der Waals surface area (Å²) < 4.78 is 0. The van der Waals surface area contributed by atoms with Gasteiger partial charge in [-0.2, -0.15) is 0 Å². The van der Waals surface area contributed by atoms with Crippen molar-refractivity contribution in [3.8, 4) is 0 Å². The minimum Gasteiger partial charge on any atom is -0.325 e. The van der Waals surface area contributed by atoms with Gasteiger partial charge >= 0.3 is 0 Å². The number of carbonyl (C=O) groups excluding carboxylic acids is 1. The third-order valence-corrected chi connectivity index (χ3v) is 2.67. The first-order chi connectivity index (χ1) is 9.25. The van der Waals surface area contributed by atoms with E-state index in [1.807, 2.05) is 43.3 Å². The molecule has 1 unspecified atom stereocenters. The van der Waals surface area contributed by atoms with Crippen molar-refractivity contribution < 1.29 is 4.79 Å². The summed E-state index contributed by atoms with van der Waals surface area (Å²) in [6.45, 7) is 2.35. The molecule has 0 bridgehead atoms. The van der Waals surface area contributed by atoms with E-state index in [9.17, 15) is 4.79 Å². The molecule has 1 aromatic heterocycles. The Hall–Kier alpha value is -2.27. The van der Waals surface area contributed by atoms with Crippen LogP contribution in [-0.2, 0) is 11.3 Å². The number of aromatic nitrogens is 2. The number of anilines is 1. The minimum absolute atomic E-state index is 0.0692. The van der Waals surface area contributed by atoms with Crippen molar-refractivity contribution in [2.24, 2.45) is 0 Å². The molecule has 1 amide bonds. The zero-order valence-electron chi connectivity index (χ0n) is 10.7. The zero-order chi connectivity index (χ0) is 13.5. The first-order valence-electron chi connectivity index (χ1n) is 6.10. The molecule has 0 aliphatic heterocycles. The maximum atomic E-state index is 11.9. The molecular formula is C14H16N4O. The summed E-state index contributed by atoms with van der Waals surface area (Å²) in [5.41, 5.74) is 1.65. The third-order valence-electron chi connectivity index (χ3n) is 2.67. The molecule has 0 saturated heterocycles. The second-order valence-electron chi connectivity index (χ2n) is 4.16. The molecule has 0 aliphatic rings. The van der Waals surface area contributed by atoms with Crippen molar-refractivity contribution in [3.05, 3.63) is 54.6 Å². The van der Waals surface area contributed by atoms with E-state index in [-0.39, 0.29) is 11.9 Å². The van der Waals surface area contributed by atoms with Gasteiger partial charge in [-0.05, 0) is 25.1 Å². The third kappa shape index (κ3) is 4.15.